The molecule has 8 atom stereocenters. The maximum Gasteiger partial charge on any atom is 0.239 e. The largest absolute Gasteiger partial charge is 0.274 e. The molecular formula is C28H22N4O4S2. The molecule has 2 saturated carbocycles. The quantitative estimate of drug-likeness (QED) is 0.421. The summed E-state index contributed by atoms with van der Waals surface area (Å²) in [6.45, 7) is 7.37. The molecule has 8 nitrogen and oxygen atoms in total. The SMILES string of the molecule is Cc1sc(N2C(=O)C3C4C=CC(C3C2=O)C2C3C(=O)N(c5sc(C)c(C)c5C#N)C(=O)C3C42)c(C#N)c1C. The van der Waals surface area contributed by atoms with E-state index in [1.165, 1.54) is 32.5 Å². The van der Waals surface area contributed by atoms with Gasteiger partial charge in [0.15, 0.2) is 0 Å². The highest BCUT2D eigenvalue weighted by Crippen LogP contribution is 2.69. The Kier molecular flexibility index (Phi) is 4.64. The van der Waals surface area contributed by atoms with Crippen molar-refractivity contribution in [3.8, 4) is 12.1 Å². The van der Waals surface area contributed by atoms with E-state index in [-0.39, 0.29) is 47.3 Å². The summed E-state index contributed by atoms with van der Waals surface area (Å²) in [4.78, 5) is 59.3. The van der Waals surface area contributed by atoms with Gasteiger partial charge in [-0.2, -0.15) is 10.5 Å². The molecule has 2 bridgehead atoms. The Morgan fingerprint density at radius 1 is 0.632 bits per heavy atom. The van der Waals surface area contributed by atoms with Gasteiger partial charge in [0.1, 0.15) is 22.1 Å². The summed E-state index contributed by atoms with van der Waals surface area (Å²) in [5.74, 6) is -4.63. The molecule has 4 fully saturated rings. The second-order valence-electron chi connectivity index (χ2n) is 11.0. The fourth-order valence-electron chi connectivity index (χ4n) is 7.80. The van der Waals surface area contributed by atoms with Gasteiger partial charge in [0.25, 0.3) is 0 Å². The van der Waals surface area contributed by atoms with E-state index in [2.05, 4.69) is 12.1 Å². The number of anilines is 2. The number of thiophene rings is 2. The van der Waals surface area contributed by atoms with E-state index in [0.29, 0.717) is 21.1 Å². The zero-order valence-corrected chi connectivity index (χ0v) is 22.6. The third-order valence-corrected chi connectivity index (χ3v) is 12.1. The van der Waals surface area contributed by atoms with Gasteiger partial charge in [0.2, 0.25) is 23.6 Å². The molecule has 6 aliphatic rings. The van der Waals surface area contributed by atoms with Gasteiger partial charge in [0.05, 0.1) is 34.8 Å². The molecule has 4 aliphatic carbocycles. The Labute approximate surface area is 226 Å². The van der Waals surface area contributed by atoms with Gasteiger partial charge in [-0.25, -0.2) is 9.80 Å². The first-order valence-corrected chi connectivity index (χ1v) is 14.2. The van der Waals surface area contributed by atoms with Gasteiger partial charge in [-0.1, -0.05) is 12.2 Å². The normalized spacial score (nSPS) is 34.3. The first-order chi connectivity index (χ1) is 18.1. The molecule has 8 rings (SSSR count). The van der Waals surface area contributed by atoms with Crippen LogP contribution >= 0.6 is 22.7 Å². The fourth-order valence-corrected chi connectivity index (χ4v) is 10.0. The Morgan fingerprint density at radius 2 is 0.974 bits per heavy atom. The molecule has 0 spiro atoms. The van der Waals surface area contributed by atoms with Crippen LogP contribution in [0.25, 0.3) is 0 Å². The lowest BCUT2D eigenvalue weighted by Gasteiger charge is -2.60. The highest BCUT2D eigenvalue weighted by Gasteiger charge is 2.75. The maximum atomic E-state index is 13.8. The molecule has 2 aromatic heterocycles. The number of carbonyl (C=O) groups excluding carboxylic acids is 4. The van der Waals surface area contributed by atoms with Crippen LogP contribution in [0.3, 0.4) is 0 Å². The second-order valence-corrected chi connectivity index (χ2v) is 13.4. The molecule has 2 aliphatic heterocycles. The monoisotopic (exact) mass is 542 g/mol. The number of nitrogens with zero attached hydrogens (tertiary/aromatic N) is 4. The van der Waals surface area contributed by atoms with Crippen molar-refractivity contribution in [1.29, 1.82) is 10.5 Å². The number of aryl methyl sites for hydroxylation is 2. The molecule has 2 aromatic rings. The minimum absolute atomic E-state index is 0.204. The molecular weight excluding hydrogens is 520 g/mol. The van der Waals surface area contributed by atoms with Crippen LogP contribution in [0.15, 0.2) is 12.2 Å². The molecule has 2 saturated heterocycles. The lowest BCUT2D eigenvalue weighted by Crippen LogP contribution is -2.63. The molecule has 8 unspecified atom stereocenters. The Balaban J connectivity index is 1.27. The van der Waals surface area contributed by atoms with Crippen LogP contribution in [0, 0.1) is 97.7 Å². The molecule has 190 valence electrons. The number of amides is 4. The lowest BCUT2D eigenvalue weighted by atomic mass is 9.40. The van der Waals surface area contributed by atoms with E-state index in [1.807, 2.05) is 39.8 Å². The first-order valence-electron chi connectivity index (χ1n) is 12.6. The van der Waals surface area contributed by atoms with Gasteiger partial charge in [-0.3, -0.25) is 19.2 Å². The minimum Gasteiger partial charge on any atom is -0.274 e. The van der Waals surface area contributed by atoms with Crippen molar-refractivity contribution in [2.45, 2.75) is 27.7 Å². The topological polar surface area (TPSA) is 122 Å². The third-order valence-electron chi connectivity index (χ3n) is 9.71. The van der Waals surface area contributed by atoms with Crippen LogP contribution in [-0.2, 0) is 19.2 Å². The highest BCUT2D eigenvalue weighted by molar-refractivity contribution is 7.17. The van der Waals surface area contributed by atoms with E-state index in [9.17, 15) is 29.7 Å². The average molecular weight is 543 g/mol. The van der Waals surface area contributed by atoms with Crippen molar-refractivity contribution >= 4 is 56.3 Å². The molecule has 10 heteroatoms. The number of carbonyl (C=O) groups is 4. The van der Waals surface area contributed by atoms with E-state index in [0.717, 1.165) is 20.9 Å². The number of rotatable bonds is 2. The van der Waals surface area contributed by atoms with Crippen LogP contribution < -0.4 is 9.80 Å². The number of nitriles is 2. The Bertz CT molecular complexity index is 1600. The second kappa shape index (κ2) is 7.49. The van der Waals surface area contributed by atoms with Crippen molar-refractivity contribution in [2.24, 2.45) is 47.3 Å². The minimum atomic E-state index is -0.605. The van der Waals surface area contributed by atoms with E-state index in [4.69, 9.17) is 0 Å². The van der Waals surface area contributed by atoms with Crippen molar-refractivity contribution in [2.75, 3.05) is 9.80 Å². The number of fused-ring (bicyclic) bond motifs is 1. The van der Waals surface area contributed by atoms with Gasteiger partial charge in [-0.15, -0.1) is 22.7 Å². The van der Waals surface area contributed by atoms with Crippen LogP contribution in [0.1, 0.15) is 32.0 Å². The summed E-state index contributed by atoms with van der Waals surface area (Å²) in [6.07, 6.45) is 3.93. The highest BCUT2D eigenvalue weighted by atomic mass is 32.1. The van der Waals surface area contributed by atoms with Gasteiger partial charge in [-0.05, 0) is 62.5 Å². The molecule has 0 N–H and O–H groups in total. The number of hydrogen-bond donors (Lipinski definition) is 0. The first kappa shape index (κ1) is 23.5. The summed E-state index contributed by atoms with van der Waals surface area (Å²) in [5.41, 5.74) is 2.25. The van der Waals surface area contributed by atoms with Crippen LogP contribution in [0.5, 0.6) is 0 Å². The Hall–Kier alpha value is -3.60. The van der Waals surface area contributed by atoms with Crippen molar-refractivity contribution < 1.29 is 19.2 Å². The molecule has 0 aromatic carbocycles. The zero-order chi connectivity index (χ0) is 26.9. The Morgan fingerprint density at radius 3 is 1.32 bits per heavy atom. The van der Waals surface area contributed by atoms with Crippen LogP contribution in [-0.4, -0.2) is 23.6 Å². The molecule has 0 radical (unpaired) electrons. The predicted octanol–water partition coefficient (Wildman–Crippen LogP) is 3.76. The molecule has 38 heavy (non-hydrogen) atoms. The van der Waals surface area contributed by atoms with Gasteiger partial charge >= 0.3 is 0 Å². The van der Waals surface area contributed by atoms with E-state index >= 15 is 0 Å². The number of allylic oxidation sites excluding steroid dienone is 2. The van der Waals surface area contributed by atoms with Crippen molar-refractivity contribution in [3.63, 3.8) is 0 Å². The fraction of sp³-hybridized carbons (Fsp3) is 0.429. The van der Waals surface area contributed by atoms with Crippen LogP contribution in [0.4, 0.5) is 10.0 Å². The van der Waals surface area contributed by atoms with Crippen molar-refractivity contribution in [3.05, 3.63) is 44.2 Å². The zero-order valence-electron chi connectivity index (χ0n) is 21.0. The number of hydrogen-bond acceptors (Lipinski definition) is 8. The third kappa shape index (κ3) is 2.48. The standard InChI is InChI=1S/C28H22N4O4S2/c1-9-11(3)37-27(15(9)7-29)31-23(33)19-13-5-6-14(20(19)24(31)34)18-17(13)21-22(18)26(36)32(25(21)35)28-16(8-30)10(2)12(4)38-28/h5-6,13-14,17-22H,1-4H3. The smallest absolute Gasteiger partial charge is 0.239 e. The molecule has 4 heterocycles. The van der Waals surface area contributed by atoms with Gasteiger partial charge in [0, 0.05) is 9.75 Å². The average Bonchev–Trinajstić information content (AvgIpc) is 3.48. The van der Waals surface area contributed by atoms with Gasteiger partial charge < -0.3 is 0 Å². The summed E-state index contributed by atoms with van der Waals surface area (Å²) >= 11 is 2.56. The molecule has 4 amide bonds. The van der Waals surface area contributed by atoms with E-state index < -0.39 is 23.7 Å². The summed E-state index contributed by atoms with van der Waals surface area (Å²) in [5, 5.41) is 20.3. The lowest BCUT2D eigenvalue weighted by molar-refractivity contribution is -0.166. The summed E-state index contributed by atoms with van der Waals surface area (Å²) in [7, 11) is 0. The number of imide groups is 2. The summed E-state index contributed by atoms with van der Waals surface area (Å²) < 4.78 is 0. The van der Waals surface area contributed by atoms with Crippen molar-refractivity contribution in [1.82, 2.24) is 0 Å². The predicted molar refractivity (Wildman–Crippen MR) is 139 cm³/mol. The summed E-state index contributed by atoms with van der Waals surface area (Å²) in [6, 6.07) is 4.32. The maximum absolute atomic E-state index is 13.8. The van der Waals surface area contributed by atoms with E-state index in [1.54, 1.807) is 0 Å². The van der Waals surface area contributed by atoms with Crippen LogP contribution in [0.2, 0.25) is 0 Å².